The van der Waals surface area contributed by atoms with Gasteiger partial charge in [-0.05, 0) is 36.8 Å². The maximum absolute atomic E-state index is 12.6. The van der Waals surface area contributed by atoms with Crippen LogP contribution in [0.4, 0.5) is 0 Å². The summed E-state index contributed by atoms with van der Waals surface area (Å²) < 4.78 is 11.8. The number of H-pyrrole nitrogens is 1. The third-order valence-electron chi connectivity index (χ3n) is 5.05. The fourth-order valence-corrected chi connectivity index (χ4v) is 3.58. The average molecular weight is 422 g/mol. The van der Waals surface area contributed by atoms with E-state index in [9.17, 15) is 14.7 Å². The first-order chi connectivity index (χ1) is 15.0. The van der Waals surface area contributed by atoms with Crippen LogP contribution in [0.1, 0.15) is 30.5 Å². The number of aromatic amines is 1. The Morgan fingerprint density at radius 3 is 2.61 bits per heavy atom. The Morgan fingerprint density at radius 1 is 1.16 bits per heavy atom. The standard InChI is InChI=1S/C22H22N4O5/c1-3-31-14-10-8-13(9-11-14)15-12-16(25-24-15)19-20(27)23-22(29)26(21(19)28)17-6-4-5-7-18(17)30-2/h4-11,15,24,28H,3,12H2,1-2H3,(H,23,27,29)/t15-/m1/s1. The molecule has 160 valence electrons. The highest BCUT2D eigenvalue weighted by Gasteiger charge is 2.28. The van der Waals surface area contributed by atoms with Gasteiger partial charge in [-0.3, -0.25) is 9.78 Å². The molecular weight excluding hydrogens is 400 g/mol. The third-order valence-corrected chi connectivity index (χ3v) is 5.05. The fraction of sp³-hybridized carbons (Fsp3) is 0.227. The van der Waals surface area contributed by atoms with Gasteiger partial charge in [-0.1, -0.05) is 24.3 Å². The SMILES string of the molecule is CCOc1ccc([C@H]2CC(c3c(O)n(-c4ccccc4OC)c(=O)[nH]c3=O)=NN2)cc1. The summed E-state index contributed by atoms with van der Waals surface area (Å²) in [5.41, 5.74) is 3.06. The fourth-order valence-electron chi connectivity index (χ4n) is 3.58. The second kappa shape index (κ2) is 8.39. The summed E-state index contributed by atoms with van der Waals surface area (Å²) in [5.74, 6) is 0.645. The number of benzene rings is 2. The maximum atomic E-state index is 12.6. The van der Waals surface area contributed by atoms with Crippen LogP contribution in [-0.4, -0.2) is 34.1 Å². The minimum absolute atomic E-state index is 0.0635. The van der Waals surface area contributed by atoms with Gasteiger partial charge in [-0.2, -0.15) is 5.10 Å². The second-order valence-corrected chi connectivity index (χ2v) is 6.91. The lowest BCUT2D eigenvalue weighted by molar-refractivity contribution is 0.340. The summed E-state index contributed by atoms with van der Waals surface area (Å²) in [6.45, 7) is 2.50. The molecule has 0 bridgehead atoms. The predicted molar refractivity (Wildman–Crippen MR) is 116 cm³/mol. The highest BCUT2D eigenvalue weighted by molar-refractivity contribution is 6.03. The van der Waals surface area contributed by atoms with E-state index in [0.717, 1.165) is 15.9 Å². The molecule has 1 aliphatic rings. The van der Waals surface area contributed by atoms with E-state index in [0.29, 0.717) is 30.2 Å². The van der Waals surface area contributed by atoms with Gasteiger partial charge < -0.3 is 20.0 Å². The molecule has 1 atom stereocenters. The van der Waals surface area contributed by atoms with E-state index >= 15 is 0 Å². The van der Waals surface area contributed by atoms with Gasteiger partial charge in [-0.25, -0.2) is 9.36 Å². The van der Waals surface area contributed by atoms with Gasteiger partial charge >= 0.3 is 5.69 Å². The summed E-state index contributed by atoms with van der Waals surface area (Å²) in [5, 5.41) is 15.2. The molecule has 31 heavy (non-hydrogen) atoms. The van der Waals surface area contributed by atoms with E-state index in [4.69, 9.17) is 9.47 Å². The molecule has 0 amide bonds. The van der Waals surface area contributed by atoms with Crippen LogP contribution in [0.25, 0.3) is 5.69 Å². The van der Waals surface area contributed by atoms with E-state index in [1.807, 2.05) is 31.2 Å². The predicted octanol–water partition coefficient (Wildman–Crippen LogP) is 2.08. The molecule has 1 aliphatic heterocycles. The van der Waals surface area contributed by atoms with Crippen LogP contribution in [0.2, 0.25) is 0 Å². The normalized spacial score (nSPS) is 15.3. The van der Waals surface area contributed by atoms with Crippen LogP contribution < -0.4 is 26.1 Å². The molecule has 0 aliphatic carbocycles. The van der Waals surface area contributed by atoms with Crippen molar-refractivity contribution in [3.63, 3.8) is 0 Å². The Kier molecular flexibility index (Phi) is 5.48. The molecule has 0 saturated carbocycles. The zero-order chi connectivity index (χ0) is 22.0. The summed E-state index contributed by atoms with van der Waals surface area (Å²) in [4.78, 5) is 27.3. The van der Waals surface area contributed by atoms with Crippen molar-refractivity contribution in [2.24, 2.45) is 5.10 Å². The monoisotopic (exact) mass is 422 g/mol. The van der Waals surface area contributed by atoms with Crippen molar-refractivity contribution in [2.75, 3.05) is 13.7 Å². The smallest absolute Gasteiger partial charge is 0.335 e. The van der Waals surface area contributed by atoms with E-state index in [1.165, 1.54) is 7.11 Å². The molecule has 1 aromatic heterocycles. The zero-order valence-corrected chi connectivity index (χ0v) is 17.1. The number of nitrogens with zero attached hydrogens (tertiary/aromatic N) is 2. The number of aromatic hydroxyl groups is 1. The van der Waals surface area contributed by atoms with E-state index in [2.05, 4.69) is 15.5 Å². The van der Waals surface area contributed by atoms with Gasteiger partial charge in [-0.15, -0.1) is 0 Å². The van der Waals surface area contributed by atoms with Gasteiger partial charge in [0.05, 0.1) is 31.2 Å². The molecule has 0 saturated heterocycles. The third kappa shape index (κ3) is 3.77. The molecule has 4 rings (SSSR count). The lowest BCUT2D eigenvalue weighted by Crippen LogP contribution is -2.33. The molecule has 2 aromatic carbocycles. The summed E-state index contributed by atoms with van der Waals surface area (Å²) in [7, 11) is 1.46. The first kappa shape index (κ1) is 20.3. The highest BCUT2D eigenvalue weighted by Crippen LogP contribution is 2.29. The van der Waals surface area contributed by atoms with E-state index in [-0.39, 0.29) is 11.6 Å². The molecule has 3 aromatic rings. The second-order valence-electron chi connectivity index (χ2n) is 6.91. The maximum Gasteiger partial charge on any atom is 0.335 e. The molecule has 9 heteroatoms. The number of hydrogen-bond acceptors (Lipinski definition) is 7. The molecule has 9 nitrogen and oxygen atoms in total. The van der Waals surface area contributed by atoms with Gasteiger partial charge in [0, 0.05) is 6.42 Å². The van der Waals surface area contributed by atoms with Crippen LogP contribution in [0.3, 0.4) is 0 Å². The van der Waals surface area contributed by atoms with E-state index < -0.39 is 17.1 Å². The van der Waals surface area contributed by atoms with Crippen molar-refractivity contribution < 1.29 is 14.6 Å². The molecule has 0 fully saturated rings. The van der Waals surface area contributed by atoms with Crippen molar-refractivity contribution in [2.45, 2.75) is 19.4 Å². The quantitative estimate of drug-likeness (QED) is 0.560. The molecule has 0 spiro atoms. The first-order valence-corrected chi connectivity index (χ1v) is 9.80. The van der Waals surface area contributed by atoms with Crippen molar-refractivity contribution in [1.82, 2.24) is 15.0 Å². The highest BCUT2D eigenvalue weighted by atomic mass is 16.5. The Hall–Kier alpha value is -4.01. The number of methoxy groups -OCH3 is 1. The van der Waals surface area contributed by atoms with E-state index in [1.54, 1.807) is 24.3 Å². The lowest BCUT2D eigenvalue weighted by atomic mass is 10.00. The Balaban J connectivity index is 1.69. The van der Waals surface area contributed by atoms with Crippen molar-refractivity contribution in [1.29, 1.82) is 0 Å². The molecular formula is C22H22N4O5. The van der Waals surface area contributed by atoms with Gasteiger partial charge in [0.25, 0.3) is 5.56 Å². The minimum atomic E-state index is -0.773. The number of ether oxygens (including phenoxy) is 2. The lowest BCUT2D eigenvalue weighted by Gasteiger charge is -2.14. The zero-order valence-electron chi connectivity index (χ0n) is 17.1. The number of hydrazone groups is 1. The minimum Gasteiger partial charge on any atom is -0.495 e. The van der Waals surface area contributed by atoms with Crippen molar-refractivity contribution >= 4 is 5.71 Å². The summed E-state index contributed by atoms with van der Waals surface area (Å²) >= 11 is 0. The molecule has 0 unspecified atom stereocenters. The van der Waals surface area contributed by atoms with Gasteiger partial charge in [0.15, 0.2) is 0 Å². The Morgan fingerprint density at radius 2 is 1.90 bits per heavy atom. The number of rotatable bonds is 6. The largest absolute Gasteiger partial charge is 0.495 e. The van der Waals surface area contributed by atoms with Gasteiger partial charge in [0.1, 0.15) is 17.1 Å². The van der Waals surface area contributed by atoms with Crippen molar-refractivity contribution in [3.8, 4) is 23.1 Å². The summed E-state index contributed by atoms with van der Waals surface area (Å²) in [6, 6.07) is 14.1. The number of nitrogens with one attached hydrogen (secondary N) is 2. The van der Waals surface area contributed by atoms with Crippen LogP contribution in [0.5, 0.6) is 17.4 Å². The number of aromatic nitrogens is 2. The number of para-hydroxylation sites is 2. The van der Waals surface area contributed by atoms with Crippen LogP contribution >= 0.6 is 0 Å². The molecule has 2 heterocycles. The Bertz CT molecular complexity index is 1240. The molecule has 3 N–H and O–H groups in total. The molecule has 0 radical (unpaired) electrons. The van der Waals surface area contributed by atoms with Crippen LogP contribution in [0, 0.1) is 0 Å². The van der Waals surface area contributed by atoms with Gasteiger partial charge in [0.2, 0.25) is 5.88 Å². The van der Waals surface area contributed by atoms with Crippen molar-refractivity contribution in [3.05, 3.63) is 80.5 Å². The van der Waals surface area contributed by atoms with Crippen LogP contribution in [0.15, 0.2) is 63.2 Å². The Labute approximate surface area is 177 Å². The first-order valence-electron chi connectivity index (χ1n) is 9.80. The average Bonchev–Trinajstić information content (AvgIpc) is 3.24. The summed E-state index contributed by atoms with van der Waals surface area (Å²) in [6.07, 6.45) is 0.356. The van der Waals surface area contributed by atoms with Crippen LogP contribution in [-0.2, 0) is 0 Å². The topological polar surface area (TPSA) is 118 Å². The number of hydrogen-bond donors (Lipinski definition) is 3.